The normalized spacial score (nSPS) is 12.4. The fraction of sp³-hybridized carbons (Fsp3) is 0.200. The van der Waals surface area contributed by atoms with Gasteiger partial charge in [0.05, 0.1) is 0 Å². The summed E-state index contributed by atoms with van der Waals surface area (Å²) in [7, 11) is 0. The SMILES string of the molecule is CC(NCc1ccc(Br)cc1F)c1ccc(F)cc1F. The molecule has 0 aliphatic carbocycles. The molecule has 0 bridgehead atoms. The van der Waals surface area contributed by atoms with Crippen LogP contribution < -0.4 is 5.32 Å². The molecule has 0 fully saturated rings. The lowest BCUT2D eigenvalue weighted by Gasteiger charge is -2.15. The van der Waals surface area contributed by atoms with Crippen molar-refractivity contribution >= 4 is 15.9 Å². The van der Waals surface area contributed by atoms with Crippen LogP contribution in [0, 0.1) is 17.5 Å². The van der Waals surface area contributed by atoms with E-state index in [4.69, 9.17) is 0 Å². The Bertz CT molecular complexity index is 616. The van der Waals surface area contributed by atoms with E-state index in [0.29, 0.717) is 15.6 Å². The summed E-state index contributed by atoms with van der Waals surface area (Å²) in [6, 6.07) is 7.85. The van der Waals surface area contributed by atoms with Gasteiger partial charge in [0, 0.05) is 34.3 Å². The number of rotatable bonds is 4. The van der Waals surface area contributed by atoms with Crippen molar-refractivity contribution in [2.75, 3.05) is 0 Å². The van der Waals surface area contributed by atoms with Crippen LogP contribution in [0.3, 0.4) is 0 Å². The van der Waals surface area contributed by atoms with Crippen molar-refractivity contribution in [3.8, 4) is 0 Å². The zero-order valence-corrected chi connectivity index (χ0v) is 12.3. The van der Waals surface area contributed by atoms with Crippen LogP contribution in [0.2, 0.25) is 0 Å². The second kappa shape index (κ2) is 6.41. The molecule has 1 unspecified atom stereocenters. The van der Waals surface area contributed by atoms with E-state index in [1.807, 2.05) is 0 Å². The van der Waals surface area contributed by atoms with Crippen molar-refractivity contribution in [2.24, 2.45) is 0 Å². The summed E-state index contributed by atoms with van der Waals surface area (Å²) in [4.78, 5) is 0. The Hall–Kier alpha value is -1.33. The largest absolute Gasteiger partial charge is 0.306 e. The van der Waals surface area contributed by atoms with Crippen molar-refractivity contribution in [1.29, 1.82) is 0 Å². The third-order valence-electron chi connectivity index (χ3n) is 3.04. The summed E-state index contributed by atoms with van der Waals surface area (Å²) in [6.07, 6.45) is 0. The van der Waals surface area contributed by atoms with Gasteiger partial charge in [0.25, 0.3) is 0 Å². The molecule has 0 aliphatic heterocycles. The van der Waals surface area contributed by atoms with Gasteiger partial charge in [0.15, 0.2) is 0 Å². The zero-order valence-electron chi connectivity index (χ0n) is 10.8. The van der Waals surface area contributed by atoms with E-state index in [1.165, 1.54) is 18.2 Å². The van der Waals surface area contributed by atoms with E-state index in [1.54, 1.807) is 19.1 Å². The highest BCUT2D eigenvalue weighted by Gasteiger charge is 2.12. The first-order valence-electron chi connectivity index (χ1n) is 6.09. The van der Waals surface area contributed by atoms with Gasteiger partial charge >= 0.3 is 0 Å². The molecule has 2 aromatic rings. The smallest absolute Gasteiger partial charge is 0.130 e. The molecule has 1 nitrogen and oxygen atoms in total. The quantitative estimate of drug-likeness (QED) is 0.847. The molecule has 1 atom stereocenters. The van der Waals surface area contributed by atoms with Gasteiger partial charge in [-0.3, -0.25) is 0 Å². The minimum absolute atomic E-state index is 0.261. The molecule has 0 aliphatic rings. The Morgan fingerprint density at radius 1 is 1.05 bits per heavy atom. The Labute approximate surface area is 123 Å². The van der Waals surface area contributed by atoms with Gasteiger partial charge < -0.3 is 5.32 Å². The van der Waals surface area contributed by atoms with Crippen molar-refractivity contribution < 1.29 is 13.2 Å². The van der Waals surface area contributed by atoms with E-state index in [0.717, 1.165) is 6.07 Å². The Morgan fingerprint density at radius 2 is 1.80 bits per heavy atom. The minimum Gasteiger partial charge on any atom is -0.306 e. The van der Waals surface area contributed by atoms with Crippen molar-refractivity contribution in [3.63, 3.8) is 0 Å². The monoisotopic (exact) mass is 343 g/mol. The van der Waals surface area contributed by atoms with Crippen molar-refractivity contribution in [2.45, 2.75) is 19.5 Å². The second-order valence-corrected chi connectivity index (χ2v) is 5.42. The number of halogens is 4. The van der Waals surface area contributed by atoms with Crippen LogP contribution in [0.4, 0.5) is 13.2 Å². The van der Waals surface area contributed by atoms with Crippen LogP contribution in [0.15, 0.2) is 40.9 Å². The van der Waals surface area contributed by atoms with Crippen LogP contribution in [0.5, 0.6) is 0 Å². The maximum absolute atomic E-state index is 13.6. The molecular formula is C15H13BrF3N. The molecule has 20 heavy (non-hydrogen) atoms. The fourth-order valence-corrected chi connectivity index (χ4v) is 2.22. The first kappa shape index (κ1) is 15.1. The van der Waals surface area contributed by atoms with Gasteiger partial charge in [0.2, 0.25) is 0 Å². The number of hydrogen-bond donors (Lipinski definition) is 1. The molecule has 0 heterocycles. The van der Waals surface area contributed by atoms with Gasteiger partial charge in [-0.25, -0.2) is 13.2 Å². The lowest BCUT2D eigenvalue weighted by atomic mass is 10.1. The van der Waals surface area contributed by atoms with Crippen LogP contribution >= 0.6 is 15.9 Å². The molecule has 106 valence electrons. The maximum Gasteiger partial charge on any atom is 0.130 e. The molecule has 5 heteroatoms. The molecule has 1 N–H and O–H groups in total. The van der Waals surface area contributed by atoms with Gasteiger partial charge in [-0.2, -0.15) is 0 Å². The average molecular weight is 344 g/mol. The summed E-state index contributed by atoms with van der Waals surface area (Å²) < 4.78 is 40.7. The average Bonchev–Trinajstić information content (AvgIpc) is 2.37. The van der Waals surface area contributed by atoms with Gasteiger partial charge in [0.1, 0.15) is 17.5 Å². The number of hydrogen-bond acceptors (Lipinski definition) is 1. The highest BCUT2D eigenvalue weighted by Crippen LogP contribution is 2.19. The first-order chi connectivity index (χ1) is 9.47. The summed E-state index contributed by atoms with van der Waals surface area (Å²) in [5.41, 5.74) is 0.839. The van der Waals surface area contributed by atoms with E-state index in [9.17, 15) is 13.2 Å². The van der Waals surface area contributed by atoms with E-state index >= 15 is 0 Å². The van der Waals surface area contributed by atoms with Crippen LogP contribution in [0.1, 0.15) is 24.1 Å². The Morgan fingerprint density at radius 3 is 2.45 bits per heavy atom. The van der Waals surface area contributed by atoms with Gasteiger partial charge in [-0.1, -0.05) is 28.1 Å². The Kier molecular flexibility index (Phi) is 4.83. The van der Waals surface area contributed by atoms with Crippen LogP contribution in [-0.4, -0.2) is 0 Å². The molecule has 0 saturated heterocycles. The standard InChI is InChI=1S/C15H13BrF3N/c1-9(13-5-4-12(17)7-15(13)19)20-8-10-2-3-11(16)6-14(10)18/h2-7,9,20H,8H2,1H3. The highest BCUT2D eigenvalue weighted by molar-refractivity contribution is 9.10. The molecule has 0 amide bonds. The van der Waals surface area contributed by atoms with E-state index in [2.05, 4.69) is 21.2 Å². The lowest BCUT2D eigenvalue weighted by molar-refractivity contribution is 0.508. The highest BCUT2D eigenvalue weighted by atomic mass is 79.9. The Balaban J connectivity index is 2.06. The van der Waals surface area contributed by atoms with Gasteiger partial charge in [-0.15, -0.1) is 0 Å². The van der Waals surface area contributed by atoms with Crippen LogP contribution in [-0.2, 0) is 6.54 Å². The van der Waals surface area contributed by atoms with Crippen molar-refractivity contribution in [3.05, 3.63) is 69.4 Å². The molecule has 0 radical (unpaired) electrons. The molecule has 0 aromatic heterocycles. The van der Waals surface area contributed by atoms with E-state index in [-0.39, 0.29) is 18.4 Å². The third-order valence-corrected chi connectivity index (χ3v) is 3.54. The van der Waals surface area contributed by atoms with Gasteiger partial charge in [-0.05, 0) is 25.1 Å². The molecule has 0 spiro atoms. The van der Waals surface area contributed by atoms with Crippen LogP contribution in [0.25, 0.3) is 0 Å². The molecule has 2 aromatic carbocycles. The molecule has 2 rings (SSSR count). The predicted octanol–water partition coefficient (Wildman–Crippen LogP) is 4.72. The molecular weight excluding hydrogens is 331 g/mol. The van der Waals surface area contributed by atoms with Crippen molar-refractivity contribution in [1.82, 2.24) is 5.32 Å². The second-order valence-electron chi connectivity index (χ2n) is 4.50. The number of nitrogens with one attached hydrogen (secondary N) is 1. The third kappa shape index (κ3) is 3.61. The summed E-state index contributed by atoms with van der Waals surface area (Å²) in [6.45, 7) is 2.00. The maximum atomic E-state index is 13.6. The topological polar surface area (TPSA) is 12.0 Å². The summed E-state index contributed by atoms with van der Waals surface area (Å²) >= 11 is 3.18. The predicted molar refractivity (Wildman–Crippen MR) is 75.7 cm³/mol. The fourth-order valence-electron chi connectivity index (χ4n) is 1.89. The summed E-state index contributed by atoms with van der Waals surface area (Å²) in [5.74, 6) is -1.56. The lowest BCUT2D eigenvalue weighted by Crippen LogP contribution is -2.19. The summed E-state index contributed by atoms with van der Waals surface area (Å²) in [5, 5.41) is 3.02. The molecule has 0 saturated carbocycles. The minimum atomic E-state index is -0.614. The first-order valence-corrected chi connectivity index (χ1v) is 6.89. The van der Waals surface area contributed by atoms with E-state index < -0.39 is 11.6 Å². The number of benzene rings is 2. The zero-order chi connectivity index (χ0) is 14.7.